The molecule has 2 aliphatic rings. The fourth-order valence-corrected chi connectivity index (χ4v) is 3.86. The number of alkyl halides is 1. The van der Waals surface area contributed by atoms with Crippen LogP contribution in [0.5, 0.6) is 5.75 Å². The summed E-state index contributed by atoms with van der Waals surface area (Å²) in [4.78, 5) is 6.83. The molecule has 0 spiro atoms. The summed E-state index contributed by atoms with van der Waals surface area (Å²) in [7, 11) is 3.73. The lowest BCUT2D eigenvalue weighted by Crippen LogP contribution is -2.46. The first-order valence-electron chi connectivity index (χ1n) is 9.77. The maximum atomic E-state index is 14.8. The van der Waals surface area contributed by atoms with Crippen LogP contribution in [0.4, 0.5) is 4.39 Å². The van der Waals surface area contributed by atoms with Gasteiger partial charge in [-0.2, -0.15) is 0 Å². The van der Waals surface area contributed by atoms with Gasteiger partial charge in [-0.3, -0.25) is 4.98 Å². The van der Waals surface area contributed by atoms with Crippen LogP contribution >= 0.6 is 0 Å². The first-order chi connectivity index (χ1) is 13.1. The van der Waals surface area contributed by atoms with Gasteiger partial charge in [0.1, 0.15) is 11.4 Å². The first-order valence-corrected chi connectivity index (χ1v) is 9.77. The Morgan fingerprint density at radius 1 is 1.19 bits per heavy atom. The maximum absolute atomic E-state index is 14.8. The van der Waals surface area contributed by atoms with Gasteiger partial charge in [0.15, 0.2) is 0 Å². The quantitative estimate of drug-likeness (QED) is 0.844. The van der Waals surface area contributed by atoms with Crippen molar-refractivity contribution in [2.45, 2.75) is 36.9 Å². The van der Waals surface area contributed by atoms with Crippen molar-refractivity contribution in [3.8, 4) is 17.0 Å². The van der Waals surface area contributed by atoms with E-state index < -0.39 is 5.67 Å². The number of ether oxygens (including phenoxy) is 1. The van der Waals surface area contributed by atoms with Crippen LogP contribution in [0.15, 0.2) is 42.6 Å². The molecule has 0 amide bonds. The van der Waals surface area contributed by atoms with Gasteiger partial charge >= 0.3 is 0 Å². The lowest BCUT2D eigenvalue weighted by atomic mass is 9.93. The Kier molecular flexibility index (Phi) is 5.15. The summed E-state index contributed by atoms with van der Waals surface area (Å²) in [6.07, 6.45) is 4.30. The standard InChI is InChI=1S/C22H28FN3O/c1-26-11-9-22(23,10-12-26)15-25-21-13-19(21)17-5-8-20(24-14-17)16-3-6-18(27-2)7-4-16/h3-8,14,19,21,25H,9-13,15H2,1-2H3. The number of halogens is 1. The number of methoxy groups -OCH3 is 1. The molecule has 1 N–H and O–H groups in total. The minimum absolute atomic E-state index is 0.380. The van der Waals surface area contributed by atoms with Crippen molar-refractivity contribution < 1.29 is 9.13 Å². The number of piperidine rings is 1. The fourth-order valence-electron chi connectivity index (χ4n) is 3.86. The highest BCUT2D eigenvalue weighted by Gasteiger charge is 2.41. The Morgan fingerprint density at radius 2 is 1.93 bits per heavy atom. The van der Waals surface area contributed by atoms with Crippen LogP contribution in [0.25, 0.3) is 11.3 Å². The molecule has 4 rings (SSSR count). The maximum Gasteiger partial charge on any atom is 0.125 e. The Hall–Kier alpha value is -1.98. The molecule has 0 bridgehead atoms. The van der Waals surface area contributed by atoms with Crippen molar-refractivity contribution in [1.29, 1.82) is 0 Å². The molecular weight excluding hydrogens is 341 g/mol. The predicted octanol–water partition coefficient (Wildman–Crippen LogP) is 3.64. The van der Waals surface area contributed by atoms with E-state index in [1.807, 2.05) is 30.5 Å². The van der Waals surface area contributed by atoms with E-state index >= 15 is 0 Å². The van der Waals surface area contributed by atoms with Crippen LogP contribution < -0.4 is 10.1 Å². The lowest BCUT2D eigenvalue weighted by Gasteiger charge is -2.34. The second-order valence-corrected chi connectivity index (χ2v) is 7.99. The first kappa shape index (κ1) is 18.4. The van der Waals surface area contributed by atoms with Gasteiger partial charge in [-0.05, 0) is 62.2 Å². The SMILES string of the molecule is COc1ccc(-c2ccc(C3CC3NCC3(F)CCN(C)CC3)cn2)cc1. The number of rotatable bonds is 6. The average Bonchev–Trinajstić information content (AvgIpc) is 3.49. The highest BCUT2D eigenvalue weighted by molar-refractivity contribution is 5.60. The Bertz CT molecular complexity index is 754. The summed E-state index contributed by atoms with van der Waals surface area (Å²) < 4.78 is 20.0. The molecule has 144 valence electrons. The van der Waals surface area contributed by atoms with Crippen molar-refractivity contribution in [2.24, 2.45) is 0 Å². The molecule has 1 aliphatic carbocycles. The monoisotopic (exact) mass is 369 g/mol. The van der Waals surface area contributed by atoms with Crippen LogP contribution in [0, 0.1) is 0 Å². The number of nitrogens with zero attached hydrogens (tertiary/aromatic N) is 2. The van der Waals surface area contributed by atoms with E-state index in [4.69, 9.17) is 4.74 Å². The van der Waals surface area contributed by atoms with Crippen molar-refractivity contribution >= 4 is 0 Å². The van der Waals surface area contributed by atoms with E-state index in [1.165, 1.54) is 5.56 Å². The third kappa shape index (κ3) is 4.30. The summed E-state index contributed by atoms with van der Waals surface area (Å²) in [6.45, 7) is 2.17. The number of nitrogens with one attached hydrogen (secondary N) is 1. The van der Waals surface area contributed by atoms with Gasteiger partial charge in [0, 0.05) is 43.4 Å². The summed E-state index contributed by atoms with van der Waals surface area (Å²) in [6, 6.07) is 12.5. The van der Waals surface area contributed by atoms with Crippen LogP contribution in [-0.4, -0.2) is 55.4 Å². The highest BCUT2D eigenvalue weighted by Crippen LogP contribution is 2.41. The minimum Gasteiger partial charge on any atom is -0.497 e. The molecule has 4 nitrogen and oxygen atoms in total. The fraction of sp³-hybridized carbons (Fsp3) is 0.500. The molecule has 1 saturated carbocycles. The largest absolute Gasteiger partial charge is 0.497 e. The van der Waals surface area contributed by atoms with Gasteiger partial charge in [0.25, 0.3) is 0 Å². The second-order valence-electron chi connectivity index (χ2n) is 7.99. The number of hydrogen-bond donors (Lipinski definition) is 1. The summed E-state index contributed by atoms with van der Waals surface area (Å²) in [5.41, 5.74) is 2.23. The summed E-state index contributed by atoms with van der Waals surface area (Å²) >= 11 is 0. The van der Waals surface area contributed by atoms with E-state index in [2.05, 4.69) is 34.4 Å². The normalized spacial score (nSPS) is 24.6. The molecule has 27 heavy (non-hydrogen) atoms. The summed E-state index contributed by atoms with van der Waals surface area (Å²) in [5, 5.41) is 3.45. The summed E-state index contributed by atoms with van der Waals surface area (Å²) in [5.74, 6) is 1.30. The van der Waals surface area contributed by atoms with E-state index in [9.17, 15) is 4.39 Å². The van der Waals surface area contributed by atoms with Crippen LogP contribution in [0.2, 0.25) is 0 Å². The average molecular weight is 369 g/mol. The zero-order chi connectivity index (χ0) is 18.9. The number of hydrogen-bond acceptors (Lipinski definition) is 4. The van der Waals surface area contributed by atoms with Gasteiger partial charge in [-0.15, -0.1) is 0 Å². The number of benzene rings is 1. The smallest absolute Gasteiger partial charge is 0.125 e. The molecule has 0 radical (unpaired) electrons. The Balaban J connectivity index is 1.31. The Morgan fingerprint density at radius 3 is 2.56 bits per heavy atom. The van der Waals surface area contributed by atoms with Gasteiger partial charge in [-0.1, -0.05) is 6.07 Å². The van der Waals surface area contributed by atoms with Crippen molar-refractivity contribution in [3.05, 3.63) is 48.2 Å². The highest BCUT2D eigenvalue weighted by atomic mass is 19.1. The predicted molar refractivity (Wildman–Crippen MR) is 106 cm³/mol. The second kappa shape index (κ2) is 7.56. The molecule has 5 heteroatoms. The molecule has 2 aromatic rings. The van der Waals surface area contributed by atoms with Gasteiger partial charge in [0.2, 0.25) is 0 Å². The van der Waals surface area contributed by atoms with E-state index in [-0.39, 0.29) is 0 Å². The molecule has 1 saturated heterocycles. The molecule has 1 aromatic heterocycles. The third-order valence-corrected chi connectivity index (χ3v) is 5.95. The van der Waals surface area contributed by atoms with Crippen LogP contribution in [0.3, 0.4) is 0 Å². The Labute approximate surface area is 160 Å². The van der Waals surface area contributed by atoms with Crippen LogP contribution in [-0.2, 0) is 0 Å². The minimum atomic E-state index is -1.05. The molecule has 1 aliphatic heterocycles. The van der Waals surface area contributed by atoms with Crippen molar-refractivity contribution in [1.82, 2.24) is 15.2 Å². The molecule has 2 unspecified atom stereocenters. The number of pyridine rings is 1. The topological polar surface area (TPSA) is 37.4 Å². The van der Waals surface area contributed by atoms with Gasteiger partial charge < -0.3 is 15.0 Å². The molecule has 2 atom stereocenters. The van der Waals surface area contributed by atoms with E-state index in [1.54, 1.807) is 7.11 Å². The van der Waals surface area contributed by atoms with Gasteiger partial charge in [0.05, 0.1) is 12.8 Å². The number of aromatic nitrogens is 1. The zero-order valence-electron chi connectivity index (χ0n) is 16.1. The molecule has 2 heterocycles. The molecular formula is C22H28FN3O. The lowest BCUT2D eigenvalue weighted by molar-refractivity contribution is 0.0685. The van der Waals surface area contributed by atoms with Gasteiger partial charge in [-0.25, -0.2) is 4.39 Å². The molecule has 1 aromatic carbocycles. The van der Waals surface area contributed by atoms with Crippen molar-refractivity contribution in [3.63, 3.8) is 0 Å². The van der Waals surface area contributed by atoms with E-state index in [0.29, 0.717) is 31.3 Å². The van der Waals surface area contributed by atoms with Crippen LogP contribution in [0.1, 0.15) is 30.7 Å². The number of likely N-dealkylation sites (tertiary alicyclic amines) is 1. The molecule has 2 fully saturated rings. The third-order valence-electron chi connectivity index (χ3n) is 5.95. The van der Waals surface area contributed by atoms with Crippen molar-refractivity contribution in [2.75, 3.05) is 33.8 Å². The zero-order valence-corrected chi connectivity index (χ0v) is 16.1. The van der Waals surface area contributed by atoms with E-state index in [0.717, 1.165) is 36.5 Å².